The Hall–Kier alpha value is 0.600. The molecule has 11 heavy (non-hydrogen) atoms. The minimum absolute atomic E-state index is 0. The van der Waals surface area contributed by atoms with Crippen molar-refractivity contribution in [1.82, 2.24) is 0 Å². The van der Waals surface area contributed by atoms with Crippen LogP contribution in [-0.4, -0.2) is 18.1 Å². The van der Waals surface area contributed by atoms with Crippen LogP contribution in [-0.2, 0) is 0 Å². The highest BCUT2D eigenvalue weighted by Crippen LogP contribution is 2.05. The zero-order chi connectivity index (χ0) is 7.66. The summed E-state index contributed by atoms with van der Waals surface area (Å²) in [4.78, 5) is 0. The Morgan fingerprint density at radius 2 is 1.82 bits per heavy atom. The van der Waals surface area contributed by atoms with Crippen LogP contribution in [0, 0.1) is 0 Å². The molecule has 0 bridgehead atoms. The van der Waals surface area contributed by atoms with E-state index in [1.54, 1.807) is 0 Å². The second-order valence-electron chi connectivity index (χ2n) is 2.46. The van der Waals surface area contributed by atoms with E-state index in [9.17, 15) is 0 Å². The van der Waals surface area contributed by atoms with Crippen LogP contribution in [0.3, 0.4) is 0 Å². The summed E-state index contributed by atoms with van der Waals surface area (Å²) in [5.41, 5.74) is 5.35. The van der Waals surface area contributed by atoms with Gasteiger partial charge in [0.05, 0.1) is 0 Å². The van der Waals surface area contributed by atoms with Crippen molar-refractivity contribution in [2.24, 2.45) is 5.73 Å². The van der Waals surface area contributed by atoms with Gasteiger partial charge in [0.25, 0.3) is 0 Å². The van der Waals surface area contributed by atoms with Gasteiger partial charge in [-0.3, -0.25) is 0 Å². The van der Waals surface area contributed by atoms with Gasteiger partial charge in [-0.15, -0.1) is 12.4 Å². The largest absolute Gasteiger partial charge is 0.330 e. The Morgan fingerprint density at radius 3 is 2.36 bits per heavy atom. The summed E-state index contributed by atoms with van der Waals surface area (Å²) in [5, 5.41) is 0. The highest BCUT2D eigenvalue weighted by molar-refractivity contribution is 7.99. The van der Waals surface area contributed by atoms with E-state index in [0.29, 0.717) is 0 Å². The molecule has 0 aromatic heterocycles. The van der Waals surface area contributed by atoms with E-state index >= 15 is 0 Å². The minimum atomic E-state index is 0. The first-order valence-electron chi connectivity index (χ1n) is 4.19. The van der Waals surface area contributed by atoms with Crippen molar-refractivity contribution in [2.75, 3.05) is 18.1 Å². The molecule has 0 radical (unpaired) electrons. The zero-order valence-electron chi connectivity index (χ0n) is 7.34. The summed E-state index contributed by atoms with van der Waals surface area (Å²) in [6.07, 6.45) is 5.50. The van der Waals surface area contributed by atoms with Crippen LogP contribution < -0.4 is 5.73 Å². The number of unbranched alkanes of at least 4 members (excludes halogenated alkanes) is 3. The normalized spacial score (nSPS) is 9.27. The van der Waals surface area contributed by atoms with E-state index in [1.165, 1.54) is 31.4 Å². The Morgan fingerprint density at radius 1 is 1.09 bits per heavy atom. The van der Waals surface area contributed by atoms with E-state index in [4.69, 9.17) is 5.73 Å². The molecule has 0 fully saturated rings. The molecule has 0 aromatic rings. The summed E-state index contributed by atoms with van der Waals surface area (Å²) >= 11 is 1.98. The molecule has 0 spiro atoms. The highest BCUT2D eigenvalue weighted by atomic mass is 35.5. The quantitative estimate of drug-likeness (QED) is 0.636. The molecule has 3 heteroatoms. The maximum atomic E-state index is 5.35. The van der Waals surface area contributed by atoms with Gasteiger partial charge >= 0.3 is 0 Å². The third-order valence-electron chi connectivity index (χ3n) is 1.40. The van der Waals surface area contributed by atoms with Crippen molar-refractivity contribution < 1.29 is 0 Å². The van der Waals surface area contributed by atoms with E-state index in [1.807, 2.05) is 11.8 Å². The molecule has 0 aromatic carbocycles. The molecule has 0 saturated carbocycles. The van der Waals surface area contributed by atoms with E-state index in [-0.39, 0.29) is 12.4 Å². The van der Waals surface area contributed by atoms with Gasteiger partial charge < -0.3 is 5.73 Å². The number of rotatable bonds is 7. The molecule has 1 nitrogen and oxygen atoms in total. The molecule has 0 amide bonds. The fourth-order valence-electron chi connectivity index (χ4n) is 0.816. The van der Waals surface area contributed by atoms with Gasteiger partial charge in [-0.1, -0.05) is 26.2 Å². The van der Waals surface area contributed by atoms with Crippen molar-refractivity contribution in [3.8, 4) is 0 Å². The van der Waals surface area contributed by atoms with Crippen molar-refractivity contribution in [2.45, 2.75) is 32.6 Å². The second kappa shape index (κ2) is 13.2. The number of hydrogen-bond donors (Lipinski definition) is 1. The summed E-state index contributed by atoms with van der Waals surface area (Å²) in [7, 11) is 0. The summed E-state index contributed by atoms with van der Waals surface area (Å²) in [6.45, 7) is 3.07. The van der Waals surface area contributed by atoms with Crippen LogP contribution >= 0.6 is 24.2 Å². The number of nitrogens with two attached hydrogens (primary N) is 1. The zero-order valence-corrected chi connectivity index (χ0v) is 8.98. The van der Waals surface area contributed by atoms with Gasteiger partial charge in [0, 0.05) is 12.3 Å². The van der Waals surface area contributed by atoms with E-state index in [2.05, 4.69) is 6.92 Å². The van der Waals surface area contributed by atoms with Gasteiger partial charge in [-0.25, -0.2) is 0 Å². The van der Waals surface area contributed by atoms with E-state index < -0.39 is 0 Å². The lowest BCUT2D eigenvalue weighted by atomic mass is 10.2. The molecular formula is C8H20ClNS. The van der Waals surface area contributed by atoms with Crippen LogP contribution in [0.25, 0.3) is 0 Å². The lowest BCUT2D eigenvalue weighted by molar-refractivity contribution is 0.706. The summed E-state index contributed by atoms with van der Waals surface area (Å²) in [5.74, 6) is 2.43. The van der Waals surface area contributed by atoms with Gasteiger partial charge in [0.15, 0.2) is 0 Å². The van der Waals surface area contributed by atoms with Crippen LogP contribution in [0.5, 0.6) is 0 Å². The Kier molecular flexibility index (Phi) is 17.0. The van der Waals surface area contributed by atoms with Crippen molar-refractivity contribution in [1.29, 1.82) is 0 Å². The monoisotopic (exact) mass is 197 g/mol. The third-order valence-corrected chi connectivity index (χ3v) is 2.51. The van der Waals surface area contributed by atoms with Crippen molar-refractivity contribution in [3.05, 3.63) is 0 Å². The predicted molar refractivity (Wildman–Crippen MR) is 57.8 cm³/mol. The standard InChI is InChI=1S/C8H19NS.ClH/c1-2-3-4-5-7-10-8-6-9;/h2-9H2,1H3;1H. The van der Waals surface area contributed by atoms with Crippen LogP contribution in [0.2, 0.25) is 0 Å². The fourth-order valence-corrected chi connectivity index (χ4v) is 1.60. The van der Waals surface area contributed by atoms with E-state index in [0.717, 1.165) is 12.3 Å². The molecule has 0 heterocycles. The Labute approximate surface area is 80.9 Å². The van der Waals surface area contributed by atoms with Crippen LogP contribution in [0.4, 0.5) is 0 Å². The topological polar surface area (TPSA) is 26.0 Å². The lowest BCUT2D eigenvalue weighted by Gasteiger charge is -1.97. The maximum Gasteiger partial charge on any atom is 0.00558 e. The maximum absolute atomic E-state index is 5.35. The third kappa shape index (κ3) is 13.6. The average Bonchev–Trinajstić information content (AvgIpc) is 1.97. The molecule has 0 saturated heterocycles. The summed E-state index contributed by atoms with van der Waals surface area (Å²) < 4.78 is 0. The second-order valence-corrected chi connectivity index (χ2v) is 3.69. The van der Waals surface area contributed by atoms with Gasteiger partial charge in [0.1, 0.15) is 0 Å². The number of halogens is 1. The predicted octanol–water partition coefficient (Wildman–Crippen LogP) is 2.68. The smallest absolute Gasteiger partial charge is 0.00558 e. The SMILES string of the molecule is CCCCCCSCCN.Cl. The Bertz CT molecular complexity index is 54.1. The first-order valence-corrected chi connectivity index (χ1v) is 5.35. The molecule has 0 aliphatic heterocycles. The number of hydrogen-bond acceptors (Lipinski definition) is 2. The first-order chi connectivity index (χ1) is 4.91. The molecular weight excluding hydrogens is 178 g/mol. The molecule has 0 aliphatic carbocycles. The lowest BCUT2D eigenvalue weighted by Crippen LogP contribution is -2.01. The first kappa shape index (κ1) is 14.1. The molecule has 2 N–H and O–H groups in total. The van der Waals surface area contributed by atoms with Gasteiger partial charge in [-0.2, -0.15) is 11.8 Å². The van der Waals surface area contributed by atoms with Gasteiger partial charge in [0.2, 0.25) is 0 Å². The van der Waals surface area contributed by atoms with Crippen LogP contribution in [0.15, 0.2) is 0 Å². The van der Waals surface area contributed by atoms with Crippen molar-refractivity contribution in [3.63, 3.8) is 0 Å². The van der Waals surface area contributed by atoms with Crippen LogP contribution in [0.1, 0.15) is 32.6 Å². The molecule has 70 valence electrons. The van der Waals surface area contributed by atoms with Crippen molar-refractivity contribution >= 4 is 24.2 Å². The highest BCUT2D eigenvalue weighted by Gasteiger charge is 1.87. The van der Waals surface area contributed by atoms with Gasteiger partial charge in [-0.05, 0) is 12.2 Å². The molecule has 0 atom stereocenters. The molecule has 0 rings (SSSR count). The minimum Gasteiger partial charge on any atom is -0.330 e. The number of thioether (sulfide) groups is 1. The summed E-state index contributed by atoms with van der Waals surface area (Å²) in [6, 6.07) is 0. The Balaban J connectivity index is 0. The fraction of sp³-hybridized carbons (Fsp3) is 1.00. The molecule has 0 aliphatic rings. The average molecular weight is 198 g/mol. The molecule has 0 unspecified atom stereocenters.